The zero-order valence-electron chi connectivity index (χ0n) is 18.2. The number of allylic oxidation sites excluding steroid dienone is 4. The van der Waals surface area contributed by atoms with Gasteiger partial charge in [0.2, 0.25) is 0 Å². The van der Waals surface area contributed by atoms with Gasteiger partial charge in [0.25, 0.3) is 0 Å². The van der Waals surface area contributed by atoms with Gasteiger partial charge in [-0.2, -0.15) is 0 Å². The summed E-state index contributed by atoms with van der Waals surface area (Å²) in [5.74, 6) is 0.677. The molecule has 1 fully saturated rings. The first kappa shape index (κ1) is 21.8. The van der Waals surface area contributed by atoms with Crippen LogP contribution in [0.15, 0.2) is 30.0 Å². The Balaban J connectivity index is 2.29. The van der Waals surface area contributed by atoms with Gasteiger partial charge in [0, 0.05) is 30.6 Å². The van der Waals surface area contributed by atoms with Gasteiger partial charge in [0.1, 0.15) is 0 Å². The highest BCUT2D eigenvalue weighted by molar-refractivity contribution is 6.54. The van der Waals surface area contributed by atoms with Crippen LogP contribution in [0.25, 0.3) is 5.57 Å². The number of hydrogen-bond donors (Lipinski definition) is 0. The number of rotatable bonds is 6. The molecule has 0 unspecified atom stereocenters. The second kappa shape index (κ2) is 7.86. The van der Waals surface area contributed by atoms with Gasteiger partial charge in [0.05, 0.1) is 16.8 Å². The van der Waals surface area contributed by atoms with Gasteiger partial charge in [-0.3, -0.25) is 0 Å². The number of hydrogen-bond acceptors (Lipinski definition) is 5. The first-order chi connectivity index (χ1) is 12.5. The van der Waals surface area contributed by atoms with E-state index in [4.69, 9.17) is 14.0 Å². The molecule has 0 saturated carbocycles. The summed E-state index contributed by atoms with van der Waals surface area (Å²) in [6.07, 6.45) is 8.56. The molecule has 0 bridgehead atoms. The van der Waals surface area contributed by atoms with Crippen LogP contribution in [-0.4, -0.2) is 35.4 Å². The molecule has 148 valence electrons. The SMILES string of the molecule is CC=C(C=C(CC)B1OC(C)(C)C(C)(C)O1)c1ncc(C(C)(C)OC)cn1. The Morgan fingerprint density at radius 3 is 2.07 bits per heavy atom. The van der Waals surface area contributed by atoms with E-state index in [1.54, 1.807) is 7.11 Å². The van der Waals surface area contributed by atoms with E-state index in [1.165, 1.54) is 0 Å². The van der Waals surface area contributed by atoms with Gasteiger partial charge >= 0.3 is 7.12 Å². The molecule has 0 N–H and O–H groups in total. The third kappa shape index (κ3) is 4.50. The minimum atomic E-state index is -0.415. The average molecular weight is 372 g/mol. The maximum Gasteiger partial charge on any atom is 0.490 e. The lowest BCUT2D eigenvalue weighted by molar-refractivity contribution is 0.00578. The summed E-state index contributed by atoms with van der Waals surface area (Å²) in [4.78, 5) is 9.10. The van der Waals surface area contributed by atoms with Gasteiger partial charge < -0.3 is 14.0 Å². The molecule has 2 heterocycles. The lowest BCUT2D eigenvalue weighted by Crippen LogP contribution is -2.41. The van der Waals surface area contributed by atoms with Gasteiger partial charge in [-0.15, -0.1) is 0 Å². The van der Waals surface area contributed by atoms with Crippen molar-refractivity contribution in [1.29, 1.82) is 0 Å². The second-order valence-corrected chi connectivity index (χ2v) is 8.41. The lowest BCUT2D eigenvalue weighted by Gasteiger charge is -2.32. The largest absolute Gasteiger partial charge is 0.490 e. The van der Waals surface area contributed by atoms with E-state index in [1.807, 2.05) is 39.2 Å². The fourth-order valence-corrected chi connectivity index (χ4v) is 2.71. The summed E-state index contributed by atoms with van der Waals surface area (Å²) in [6, 6.07) is 0. The molecule has 1 aliphatic rings. The van der Waals surface area contributed by atoms with E-state index in [2.05, 4.69) is 50.7 Å². The van der Waals surface area contributed by atoms with E-state index in [0.29, 0.717) is 5.82 Å². The first-order valence-electron chi connectivity index (χ1n) is 9.58. The summed E-state index contributed by atoms with van der Waals surface area (Å²) in [5, 5.41) is 0. The van der Waals surface area contributed by atoms with E-state index in [9.17, 15) is 0 Å². The molecule has 2 rings (SSSR count). The van der Waals surface area contributed by atoms with Crippen LogP contribution in [0.3, 0.4) is 0 Å². The number of methoxy groups -OCH3 is 1. The van der Waals surface area contributed by atoms with Crippen LogP contribution in [0.2, 0.25) is 0 Å². The number of aromatic nitrogens is 2. The zero-order chi connectivity index (χ0) is 20.5. The van der Waals surface area contributed by atoms with Gasteiger partial charge in [0.15, 0.2) is 5.82 Å². The Hall–Kier alpha value is -1.50. The summed E-state index contributed by atoms with van der Waals surface area (Å²) in [5.41, 5.74) is 1.84. The molecule has 27 heavy (non-hydrogen) atoms. The Morgan fingerprint density at radius 2 is 1.67 bits per heavy atom. The summed E-state index contributed by atoms with van der Waals surface area (Å²) < 4.78 is 17.9. The van der Waals surface area contributed by atoms with Crippen molar-refractivity contribution in [2.75, 3.05) is 7.11 Å². The second-order valence-electron chi connectivity index (χ2n) is 8.41. The molecule has 5 nitrogen and oxygen atoms in total. The Labute approximate surface area is 164 Å². The molecule has 6 heteroatoms. The van der Waals surface area contributed by atoms with Gasteiger partial charge in [-0.1, -0.05) is 19.1 Å². The van der Waals surface area contributed by atoms with Crippen LogP contribution in [0.5, 0.6) is 0 Å². The molecule has 1 saturated heterocycles. The van der Waals surface area contributed by atoms with Crippen molar-refractivity contribution in [3.63, 3.8) is 0 Å². The molecule has 0 aromatic carbocycles. The minimum Gasteiger partial charge on any atom is -0.400 e. The molecule has 1 aliphatic heterocycles. The van der Waals surface area contributed by atoms with Crippen molar-refractivity contribution in [3.8, 4) is 0 Å². The normalized spacial score (nSPS) is 20.3. The molecular formula is C21H33BN2O3. The van der Waals surface area contributed by atoms with Crippen molar-refractivity contribution in [2.24, 2.45) is 0 Å². The standard InChI is InChI=1S/C21H33BN2O3/c1-10-15(18-23-13-16(14-24-18)19(3,4)25-9)12-17(11-2)22-26-20(5,6)21(7,8)27-22/h10,12-14H,11H2,1-9H3. The van der Waals surface area contributed by atoms with Crippen LogP contribution < -0.4 is 0 Å². The maximum absolute atomic E-state index is 6.20. The van der Waals surface area contributed by atoms with Gasteiger partial charge in [-0.25, -0.2) is 9.97 Å². The molecule has 0 radical (unpaired) electrons. The smallest absolute Gasteiger partial charge is 0.400 e. The predicted molar refractivity (Wildman–Crippen MR) is 110 cm³/mol. The summed E-state index contributed by atoms with van der Waals surface area (Å²) in [7, 11) is 1.33. The predicted octanol–water partition coefficient (Wildman–Crippen LogP) is 4.73. The van der Waals surface area contributed by atoms with Crippen LogP contribution >= 0.6 is 0 Å². The first-order valence-corrected chi connectivity index (χ1v) is 9.58. The monoisotopic (exact) mass is 372 g/mol. The molecular weight excluding hydrogens is 339 g/mol. The Morgan fingerprint density at radius 1 is 1.15 bits per heavy atom. The third-order valence-electron chi connectivity index (χ3n) is 5.73. The van der Waals surface area contributed by atoms with Crippen LogP contribution in [-0.2, 0) is 19.6 Å². The van der Waals surface area contributed by atoms with Crippen LogP contribution in [0.1, 0.15) is 73.2 Å². The Bertz CT molecular complexity index is 705. The fourth-order valence-electron chi connectivity index (χ4n) is 2.71. The van der Waals surface area contributed by atoms with E-state index < -0.39 is 5.60 Å². The van der Waals surface area contributed by atoms with E-state index >= 15 is 0 Å². The van der Waals surface area contributed by atoms with E-state index in [-0.39, 0.29) is 18.3 Å². The molecule has 1 aromatic heterocycles. The maximum atomic E-state index is 6.20. The van der Waals surface area contributed by atoms with E-state index in [0.717, 1.165) is 23.0 Å². The van der Waals surface area contributed by atoms with Crippen molar-refractivity contribution in [1.82, 2.24) is 9.97 Å². The topological polar surface area (TPSA) is 53.5 Å². The lowest BCUT2D eigenvalue weighted by atomic mass is 9.75. The van der Waals surface area contributed by atoms with Crippen LogP contribution in [0, 0.1) is 0 Å². The molecule has 0 spiro atoms. The molecule has 0 atom stereocenters. The van der Waals surface area contributed by atoms with Crippen molar-refractivity contribution in [3.05, 3.63) is 41.4 Å². The average Bonchev–Trinajstić information content (AvgIpc) is 2.83. The van der Waals surface area contributed by atoms with Crippen molar-refractivity contribution >= 4 is 12.7 Å². The number of ether oxygens (including phenoxy) is 1. The minimum absolute atomic E-state index is 0.355. The van der Waals surface area contributed by atoms with Gasteiger partial charge in [-0.05, 0) is 60.4 Å². The molecule has 0 aliphatic carbocycles. The third-order valence-corrected chi connectivity index (χ3v) is 5.73. The highest BCUT2D eigenvalue weighted by Crippen LogP contribution is 2.39. The summed E-state index contributed by atoms with van der Waals surface area (Å²) >= 11 is 0. The van der Waals surface area contributed by atoms with Crippen molar-refractivity contribution < 1.29 is 14.0 Å². The highest BCUT2D eigenvalue weighted by Gasteiger charge is 2.52. The highest BCUT2D eigenvalue weighted by atomic mass is 16.7. The number of nitrogens with zero attached hydrogens (tertiary/aromatic N) is 2. The van der Waals surface area contributed by atoms with Crippen LogP contribution in [0.4, 0.5) is 0 Å². The fraction of sp³-hybridized carbons (Fsp3) is 0.619. The Kier molecular flexibility index (Phi) is 6.35. The quantitative estimate of drug-likeness (QED) is 0.534. The molecule has 0 amide bonds. The zero-order valence-corrected chi connectivity index (χ0v) is 18.2. The van der Waals surface area contributed by atoms with Crippen molar-refractivity contribution in [2.45, 2.75) is 78.6 Å². The molecule has 1 aromatic rings. The summed E-state index contributed by atoms with van der Waals surface area (Å²) in [6.45, 7) is 16.3.